The van der Waals surface area contributed by atoms with Gasteiger partial charge in [-0.05, 0) is 51.1 Å². The fourth-order valence-corrected chi connectivity index (χ4v) is 3.32. The molecule has 3 aliphatic rings. The first-order chi connectivity index (χ1) is 9.74. The first-order valence-corrected chi connectivity index (χ1v) is 8.02. The van der Waals surface area contributed by atoms with E-state index in [-0.39, 0.29) is 11.8 Å². The number of nitrogens with zero attached hydrogens (tertiary/aromatic N) is 2. The lowest BCUT2D eigenvalue weighted by molar-refractivity contribution is -0.139. The van der Waals surface area contributed by atoms with Gasteiger partial charge in [0, 0.05) is 25.6 Å². The van der Waals surface area contributed by atoms with E-state index in [1.165, 1.54) is 12.8 Å². The van der Waals surface area contributed by atoms with Gasteiger partial charge < -0.3 is 15.1 Å². The van der Waals surface area contributed by atoms with Gasteiger partial charge >= 0.3 is 0 Å². The van der Waals surface area contributed by atoms with Crippen LogP contribution in [0.1, 0.15) is 38.5 Å². The van der Waals surface area contributed by atoms with Gasteiger partial charge in [0.2, 0.25) is 11.8 Å². The fraction of sp³-hybridized carbons (Fsp3) is 0.867. The summed E-state index contributed by atoms with van der Waals surface area (Å²) in [5, 5.41) is 3.42. The molecule has 2 amide bonds. The number of rotatable bonds is 5. The van der Waals surface area contributed by atoms with Crippen molar-refractivity contribution >= 4 is 11.8 Å². The van der Waals surface area contributed by atoms with Gasteiger partial charge in [0.15, 0.2) is 0 Å². The van der Waals surface area contributed by atoms with E-state index < -0.39 is 0 Å². The van der Waals surface area contributed by atoms with E-state index in [4.69, 9.17) is 0 Å². The van der Waals surface area contributed by atoms with Crippen LogP contribution in [0.2, 0.25) is 0 Å². The third-order valence-electron chi connectivity index (χ3n) is 4.66. The molecule has 1 atom stereocenters. The summed E-state index contributed by atoms with van der Waals surface area (Å²) < 4.78 is 0. The quantitative estimate of drug-likeness (QED) is 0.802. The number of amides is 2. The molecule has 5 nitrogen and oxygen atoms in total. The Morgan fingerprint density at radius 3 is 2.75 bits per heavy atom. The topological polar surface area (TPSA) is 52.7 Å². The van der Waals surface area contributed by atoms with E-state index in [0.29, 0.717) is 24.9 Å². The van der Waals surface area contributed by atoms with E-state index in [1.54, 1.807) is 4.90 Å². The van der Waals surface area contributed by atoms with Crippen molar-refractivity contribution in [1.82, 2.24) is 15.1 Å². The maximum absolute atomic E-state index is 12.5. The Morgan fingerprint density at radius 2 is 2.15 bits per heavy atom. The molecule has 0 bridgehead atoms. The van der Waals surface area contributed by atoms with Crippen LogP contribution in [0.4, 0.5) is 0 Å². The molecule has 2 saturated heterocycles. The summed E-state index contributed by atoms with van der Waals surface area (Å²) in [7, 11) is 0. The highest BCUT2D eigenvalue weighted by molar-refractivity contribution is 5.86. The summed E-state index contributed by atoms with van der Waals surface area (Å²) in [6.07, 6.45) is 6.22. The molecule has 3 rings (SSSR count). The maximum Gasteiger partial charge on any atom is 0.242 e. The van der Waals surface area contributed by atoms with E-state index in [0.717, 1.165) is 45.4 Å². The number of hydrogen-bond acceptors (Lipinski definition) is 3. The monoisotopic (exact) mass is 279 g/mol. The van der Waals surface area contributed by atoms with Crippen molar-refractivity contribution in [1.29, 1.82) is 0 Å². The fourth-order valence-electron chi connectivity index (χ4n) is 3.32. The highest BCUT2D eigenvalue weighted by Crippen LogP contribution is 2.29. The largest absolute Gasteiger partial charge is 0.338 e. The van der Waals surface area contributed by atoms with Crippen LogP contribution in [-0.2, 0) is 9.59 Å². The number of nitrogens with one attached hydrogen (secondary N) is 1. The van der Waals surface area contributed by atoms with Crippen LogP contribution >= 0.6 is 0 Å². The average Bonchev–Trinajstić information content (AvgIpc) is 3.22. The molecular formula is C15H25N3O2. The van der Waals surface area contributed by atoms with Gasteiger partial charge in [-0.1, -0.05) is 0 Å². The maximum atomic E-state index is 12.5. The van der Waals surface area contributed by atoms with Crippen molar-refractivity contribution in [3.63, 3.8) is 0 Å². The number of carbonyl (C=O) groups excluding carboxylic acids is 2. The van der Waals surface area contributed by atoms with Gasteiger partial charge in [0.25, 0.3) is 0 Å². The van der Waals surface area contributed by atoms with Crippen LogP contribution < -0.4 is 5.32 Å². The van der Waals surface area contributed by atoms with Crippen LogP contribution in [0.5, 0.6) is 0 Å². The Hall–Kier alpha value is -1.10. The van der Waals surface area contributed by atoms with Crippen molar-refractivity contribution in [2.24, 2.45) is 5.92 Å². The Morgan fingerprint density at radius 1 is 1.30 bits per heavy atom. The molecule has 112 valence electrons. The zero-order valence-corrected chi connectivity index (χ0v) is 12.1. The Kier molecular flexibility index (Phi) is 4.24. The van der Waals surface area contributed by atoms with E-state index in [1.807, 2.05) is 0 Å². The van der Waals surface area contributed by atoms with Crippen LogP contribution in [0.15, 0.2) is 0 Å². The Labute approximate surface area is 120 Å². The van der Waals surface area contributed by atoms with Crippen molar-refractivity contribution in [3.8, 4) is 0 Å². The molecule has 2 heterocycles. The number of carbonyl (C=O) groups is 2. The number of likely N-dealkylation sites (tertiary alicyclic amines) is 1. The second-order valence-corrected chi connectivity index (χ2v) is 6.41. The highest BCUT2D eigenvalue weighted by atomic mass is 16.2. The van der Waals surface area contributed by atoms with Crippen LogP contribution in [0.3, 0.4) is 0 Å². The average molecular weight is 279 g/mol. The van der Waals surface area contributed by atoms with E-state index >= 15 is 0 Å². The molecule has 3 fully saturated rings. The molecule has 0 aromatic heterocycles. The van der Waals surface area contributed by atoms with Crippen molar-refractivity contribution < 1.29 is 9.59 Å². The second-order valence-electron chi connectivity index (χ2n) is 6.41. The van der Waals surface area contributed by atoms with Crippen molar-refractivity contribution in [2.75, 3.05) is 32.7 Å². The van der Waals surface area contributed by atoms with Crippen LogP contribution in [0, 0.1) is 5.92 Å². The summed E-state index contributed by atoms with van der Waals surface area (Å²) in [6, 6.07) is 0.446. The summed E-state index contributed by atoms with van der Waals surface area (Å²) >= 11 is 0. The second kappa shape index (κ2) is 6.12. The summed E-state index contributed by atoms with van der Waals surface area (Å²) in [5.74, 6) is 0.893. The Bertz CT molecular complexity index is 375. The van der Waals surface area contributed by atoms with E-state index in [2.05, 4.69) is 10.2 Å². The van der Waals surface area contributed by atoms with E-state index in [9.17, 15) is 9.59 Å². The molecule has 1 N–H and O–H groups in total. The van der Waals surface area contributed by atoms with Crippen molar-refractivity contribution in [3.05, 3.63) is 0 Å². The molecule has 20 heavy (non-hydrogen) atoms. The molecule has 5 heteroatoms. The minimum absolute atomic E-state index is 0.147. The predicted octanol–water partition coefficient (Wildman–Crippen LogP) is 0.599. The lowest BCUT2D eigenvalue weighted by atomic mass is 9.99. The molecule has 1 aliphatic carbocycles. The summed E-state index contributed by atoms with van der Waals surface area (Å²) in [5.41, 5.74) is 0. The lowest BCUT2D eigenvalue weighted by Crippen LogP contribution is -2.46. The standard InChI is InChI=1S/C15H25N3O2/c19-14-4-2-8-17(14)11-15(20)18(13-5-6-13)10-12-3-1-7-16-9-12/h12-13,16H,1-11H2. The van der Waals surface area contributed by atoms with Gasteiger partial charge in [0.05, 0.1) is 6.54 Å². The minimum Gasteiger partial charge on any atom is -0.338 e. The number of hydrogen-bond donors (Lipinski definition) is 1. The van der Waals surface area contributed by atoms with Gasteiger partial charge in [0.1, 0.15) is 0 Å². The zero-order valence-electron chi connectivity index (χ0n) is 12.1. The molecule has 0 aromatic rings. The SMILES string of the molecule is O=C1CCCN1CC(=O)N(CC1CCCNC1)C1CC1. The molecule has 1 unspecified atom stereocenters. The number of piperidine rings is 1. The van der Waals surface area contributed by atoms with Crippen LogP contribution in [0.25, 0.3) is 0 Å². The van der Waals surface area contributed by atoms with Gasteiger partial charge in [-0.25, -0.2) is 0 Å². The normalized spacial score (nSPS) is 26.9. The first-order valence-electron chi connectivity index (χ1n) is 8.02. The Balaban J connectivity index is 1.55. The van der Waals surface area contributed by atoms with Gasteiger partial charge in [-0.15, -0.1) is 0 Å². The zero-order chi connectivity index (χ0) is 13.9. The molecule has 0 aromatic carbocycles. The first kappa shape index (κ1) is 13.9. The van der Waals surface area contributed by atoms with Gasteiger partial charge in [-0.3, -0.25) is 9.59 Å². The summed E-state index contributed by atoms with van der Waals surface area (Å²) in [4.78, 5) is 28.0. The molecule has 0 spiro atoms. The summed E-state index contributed by atoms with van der Waals surface area (Å²) in [6.45, 7) is 4.07. The minimum atomic E-state index is 0.147. The highest BCUT2D eigenvalue weighted by Gasteiger charge is 2.35. The van der Waals surface area contributed by atoms with Crippen molar-refractivity contribution in [2.45, 2.75) is 44.6 Å². The smallest absolute Gasteiger partial charge is 0.242 e. The third kappa shape index (κ3) is 3.32. The third-order valence-corrected chi connectivity index (χ3v) is 4.66. The lowest BCUT2D eigenvalue weighted by Gasteiger charge is -2.31. The molecule has 1 saturated carbocycles. The van der Waals surface area contributed by atoms with Gasteiger partial charge in [-0.2, -0.15) is 0 Å². The van der Waals surface area contributed by atoms with Crippen LogP contribution in [-0.4, -0.2) is 60.4 Å². The molecular weight excluding hydrogens is 254 g/mol. The predicted molar refractivity (Wildman–Crippen MR) is 76.1 cm³/mol. The molecule has 2 aliphatic heterocycles. The molecule has 0 radical (unpaired) electrons.